The SMILES string of the molecule is C#CCOc1ccc(N(C)S(=O)(=O)c2cccc(F)c2C#N)cc1. The second kappa shape index (κ2) is 7.03. The lowest BCUT2D eigenvalue weighted by Crippen LogP contribution is -2.27. The van der Waals surface area contributed by atoms with E-state index in [1.807, 2.05) is 0 Å². The van der Waals surface area contributed by atoms with Crippen LogP contribution in [0, 0.1) is 29.5 Å². The zero-order valence-corrected chi connectivity index (χ0v) is 13.5. The number of terminal acetylenes is 1. The van der Waals surface area contributed by atoms with Gasteiger partial charge >= 0.3 is 0 Å². The zero-order chi connectivity index (χ0) is 17.7. The van der Waals surface area contributed by atoms with E-state index in [0.717, 1.165) is 10.4 Å². The van der Waals surface area contributed by atoms with Gasteiger partial charge in [-0.3, -0.25) is 4.31 Å². The first-order chi connectivity index (χ1) is 11.4. The van der Waals surface area contributed by atoms with Crippen LogP contribution in [-0.4, -0.2) is 22.1 Å². The molecule has 0 fully saturated rings. The summed E-state index contributed by atoms with van der Waals surface area (Å²) in [5, 5.41) is 9.03. The van der Waals surface area contributed by atoms with Gasteiger partial charge in [0.15, 0.2) is 0 Å². The van der Waals surface area contributed by atoms with Gasteiger partial charge < -0.3 is 4.74 Å². The van der Waals surface area contributed by atoms with E-state index < -0.39 is 21.4 Å². The molecular weight excluding hydrogens is 331 g/mol. The summed E-state index contributed by atoms with van der Waals surface area (Å²) in [5.41, 5.74) is -0.186. The number of hydrogen-bond donors (Lipinski definition) is 0. The molecule has 5 nitrogen and oxygen atoms in total. The molecule has 0 aliphatic carbocycles. The van der Waals surface area contributed by atoms with Crippen molar-refractivity contribution >= 4 is 15.7 Å². The minimum atomic E-state index is -4.09. The Balaban J connectivity index is 2.39. The van der Waals surface area contributed by atoms with Crippen molar-refractivity contribution in [3.8, 4) is 24.2 Å². The van der Waals surface area contributed by atoms with Crippen LogP contribution in [0.15, 0.2) is 47.4 Å². The fourth-order valence-electron chi connectivity index (χ4n) is 1.99. The van der Waals surface area contributed by atoms with Gasteiger partial charge in [0, 0.05) is 7.05 Å². The predicted octanol–water partition coefficient (Wildman–Crippen LogP) is 2.53. The van der Waals surface area contributed by atoms with E-state index in [1.165, 1.54) is 31.3 Å². The Labute approximate surface area is 140 Å². The van der Waals surface area contributed by atoms with Gasteiger partial charge in [-0.2, -0.15) is 5.26 Å². The summed E-state index contributed by atoms with van der Waals surface area (Å²) in [6.07, 6.45) is 5.10. The van der Waals surface area contributed by atoms with Gasteiger partial charge in [0.05, 0.1) is 5.69 Å². The Morgan fingerprint density at radius 1 is 1.25 bits per heavy atom. The number of anilines is 1. The van der Waals surface area contributed by atoms with Crippen LogP contribution in [0.5, 0.6) is 5.75 Å². The predicted molar refractivity (Wildman–Crippen MR) is 87.5 cm³/mol. The lowest BCUT2D eigenvalue weighted by molar-refractivity contribution is 0.370. The van der Waals surface area contributed by atoms with Gasteiger partial charge in [0.25, 0.3) is 10.0 Å². The molecule has 0 N–H and O–H groups in total. The Morgan fingerprint density at radius 2 is 1.92 bits per heavy atom. The van der Waals surface area contributed by atoms with E-state index in [9.17, 15) is 12.8 Å². The molecule has 0 atom stereocenters. The number of rotatable bonds is 5. The average molecular weight is 344 g/mol. The summed E-state index contributed by atoms with van der Waals surface area (Å²) in [5.74, 6) is 1.93. The molecule has 2 rings (SSSR count). The van der Waals surface area contributed by atoms with Crippen LogP contribution in [0.2, 0.25) is 0 Å². The second-order valence-electron chi connectivity index (χ2n) is 4.68. The highest BCUT2D eigenvalue weighted by molar-refractivity contribution is 7.92. The monoisotopic (exact) mass is 344 g/mol. The molecule has 0 aliphatic rings. The van der Waals surface area contributed by atoms with E-state index in [4.69, 9.17) is 16.4 Å². The van der Waals surface area contributed by atoms with Crippen molar-refractivity contribution in [3.63, 3.8) is 0 Å². The van der Waals surface area contributed by atoms with Crippen molar-refractivity contribution in [1.29, 1.82) is 5.26 Å². The van der Waals surface area contributed by atoms with Crippen LogP contribution in [0.1, 0.15) is 5.56 Å². The van der Waals surface area contributed by atoms with Crippen molar-refractivity contribution < 1.29 is 17.5 Å². The first kappa shape index (κ1) is 17.3. The van der Waals surface area contributed by atoms with E-state index in [2.05, 4.69) is 5.92 Å². The summed E-state index contributed by atoms with van der Waals surface area (Å²) in [7, 11) is -2.77. The van der Waals surface area contributed by atoms with Crippen LogP contribution in [0.4, 0.5) is 10.1 Å². The topological polar surface area (TPSA) is 70.4 Å². The van der Waals surface area contributed by atoms with Crippen LogP contribution in [0.25, 0.3) is 0 Å². The molecule has 0 heterocycles. The largest absolute Gasteiger partial charge is 0.481 e. The standard InChI is InChI=1S/C17H13FN2O3S/c1-3-11-23-14-9-7-13(8-10-14)20(2)24(21,22)17-6-4-5-16(18)15(17)12-19/h1,4-10H,11H2,2H3. The van der Waals surface area contributed by atoms with E-state index in [1.54, 1.807) is 18.2 Å². The zero-order valence-electron chi connectivity index (χ0n) is 12.7. The number of benzene rings is 2. The molecule has 0 unspecified atom stereocenters. The van der Waals surface area contributed by atoms with Crippen LogP contribution >= 0.6 is 0 Å². The maximum atomic E-state index is 13.7. The van der Waals surface area contributed by atoms with Crippen molar-refractivity contribution in [3.05, 3.63) is 53.8 Å². The first-order valence-electron chi connectivity index (χ1n) is 6.75. The Hall–Kier alpha value is -3.03. The molecule has 0 amide bonds. The molecule has 0 saturated carbocycles. The summed E-state index contributed by atoms with van der Waals surface area (Å²) < 4.78 is 45.2. The summed E-state index contributed by atoms with van der Waals surface area (Å²) in [6.45, 7) is 0.0995. The first-order valence-corrected chi connectivity index (χ1v) is 8.19. The number of halogens is 1. The lowest BCUT2D eigenvalue weighted by Gasteiger charge is -2.20. The van der Waals surface area contributed by atoms with E-state index in [0.29, 0.717) is 11.4 Å². The minimum absolute atomic E-state index is 0.0995. The highest BCUT2D eigenvalue weighted by Crippen LogP contribution is 2.27. The Kier molecular flexibility index (Phi) is 5.08. The Morgan fingerprint density at radius 3 is 2.50 bits per heavy atom. The van der Waals surface area contributed by atoms with Crippen LogP contribution in [-0.2, 0) is 10.0 Å². The van der Waals surface area contributed by atoms with Gasteiger partial charge in [0.1, 0.15) is 34.7 Å². The smallest absolute Gasteiger partial charge is 0.265 e. The highest BCUT2D eigenvalue weighted by atomic mass is 32.2. The molecule has 0 aromatic heterocycles. The summed E-state index contributed by atoms with van der Waals surface area (Å²) >= 11 is 0. The van der Waals surface area contributed by atoms with Crippen molar-refractivity contribution in [2.45, 2.75) is 4.90 Å². The van der Waals surface area contributed by atoms with Crippen LogP contribution < -0.4 is 9.04 Å². The van der Waals surface area contributed by atoms with Crippen molar-refractivity contribution in [2.24, 2.45) is 0 Å². The molecule has 122 valence electrons. The molecule has 0 saturated heterocycles. The summed E-state index contributed by atoms with van der Waals surface area (Å²) in [6, 6.07) is 11.2. The fourth-order valence-corrected chi connectivity index (χ4v) is 3.34. The molecule has 7 heteroatoms. The van der Waals surface area contributed by atoms with Gasteiger partial charge in [-0.1, -0.05) is 12.0 Å². The number of nitriles is 1. The fraction of sp³-hybridized carbons (Fsp3) is 0.118. The molecule has 2 aromatic rings. The quantitative estimate of drug-likeness (QED) is 0.782. The van der Waals surface area contributed by atoms with Crippen molar-refractivity contribution in [1.82, 2.24) is 0 Å². The third-order valence-corrected chi connectivity index (χ3v) is 5.08. The number of nitrogens with zero attached hydrogens (tertiary/aromatic N) is 2. The van der Waals surface area contributed by atoms with Crippen molar-refractivity contribution in [2.75, 3.05) is 18.0 Å². The molecule has 0 bridgehead atoms. The maximum Gasteiger partial charge on any atom is 0.265 e. The summed E-state index contributed by atoms with van der Waals surface area (Å²) in [4.78, 5) is -0.389. The highest BCUT2D eigenvalue weighted by Gasteiger charge is 2.26. The maximum absolute atomic E-state index is 13.7. The molecule has 24 heavy (non-hydrogen) atoms. The normalized spacial score (nSPS) is 10.5. The van der Waals surface area contributed by atoms with Gasteiger partial charge in [-0.15, -0.1) is 6.42 Å². The second-order valence-corrected chi connectivity index (χ2v) is 6.62. The molecular formula is C17H13FN2O3S. The number of ether oxygens (including phenoxy) is 1. The van der Waals surface area contributed by atoms with E-state index in [-0.39, 0.29) is 11.5 Å². The number of hydrogen-bond acceptors (Lipinski definition) is 4. The third-order valence-electron chi connectivity index (χ3n) is 3.25. The van der Waals surface area contributed by atoms with E-state index >= 15 is 0 Å². The lowest BCUT2D eigenvalue weighted by atomic mass is 10.2. The average Bonchev–Trinajstić information content (AvgIpc) is 2.59. The third kappa shape index (κ3) is 3.32. The molecule has 0 aliphatic heterocycles. The number of sulfonamides is 1. The molecule has 0 spiro atoms. The molecule has 0 radical (unpaired) electrons. The van der Waals surface area contributed by atoms with Gasteiger partial charge in [-0.05, 0) is 36.4 Å². The van der Waals surface area contributed by atoms with Gasteiger partial charge in [0.2, 0.25) is 0 Å². The molecule has 2 aromatic carbocycles. The Bertz CT molecular complexity index is 926. The minimum Gasteiger partial charge on any atom is -0.481 e. The van der Waals surface area contributed by atoms with Gasteiger partial charge in [-0.25, -0.2) is 12.8 Å². The van der Waals surface area contributed by atoms with Crippen LogP contribution in [0.3, 0.4) is 0 Å².